The van der Waals surface area contributed by atoms with Crippen LogP contribution in [-0.2, 0) is 47.5 Å². The molecule has 0 aromatic rings. The Labute approximate surface area is 565 Å². The second kappa shape index (κ2) is 50.0. The summed E-state index contributed by atoms with van der Waals surface area (Å²) in [5.74, 6) is -1.07. The van der Waals surface area contributed by atoms with Gasteiger partial charge in [0.2, 0.25) is 11.8 Å². The zero-order chi connectivity index (χ0) is 69.3. The standard InChI is InChI=1S/C70H128N2O23/c1-4-6-8-10-12-14-16-18-19-20-21-22-23-24-25-26-27-29-31-33-35-37-39-41-54(79)72-48(49(78)40-38-36-34-32-30-28-17-15-13-11-9-7-5-2)46-88-68-62(86)60(84)65(53(45-76)92-68)94-70-63(87)66(57(81)51(43-74)90-70)95-67-55(71-47(3)77)58(82)64(52(44-75)91-67)93-69-61(85)59(83)56(80)50(42-73)89-69/h18-19,38,40,48-53,55-70,73-76,78,80-87H,4-17,20-37,39,41-46H2,1-3H3,(H,71,77)(H,72,79)/b19-18-,40-38+/t48-,49+,50?,51?,52?,53?,55?,56-,57-,58+,59-,60+,61?,62?,63?,64-,65+,66-,67-,68+,69-,70-/m0/s1. The fraction of sp³-hybridized carbons (Fsp3) is 0.914. The van der Waals surface area contributed by atoms with E-state index in [4.69, 9.17) is 37.9 Å². The lowest BCUT2D eigenvalue weighted by Gasteiger charge is -2.50. The van der Waals surface area contributed by atoms with Gasteiger partial charge in [-0.2, -0.15) is 0 Å². The molecule has 0 bridgehead atoms. The molecule has 4 fully saturated rings. The van der Waals surface area contributed by atoms with Crippen molar-refractivity contribution >= 4 is 11.8 Å². The van der Waals surface area contributed by atoms with Gasteiger partial charge in [0.1, 0.15) is 97.6 Å². The topological polar surface area (TPSA) is 395 Å². The Kier molecular flexibility index (Phi) is 44.7. The van der Waals surface area contributed by atoms with Gasteiger partial charge >= 0.3 is 0 Å². The van der Waals surface area contributed by atoms with Crippen molar-refractivity contribution in [1.82, 2.24) is 10.6 Å². The molecule has 0 aliphatic carbocycles. The average Bonchev–Trinajstić information content (AvgIpc) is 0.781. The van der Waals surface area contributed by atoms with Gasteiger partial charge in [0.15, 0.2) is 25.2 Å². The molecule has 0 aromatic carbocycles. The number of ether oxygens (including phenoxy) is 8. The number of amides is 2. The number of carbonyl (C=O) groups is 2. The molecule has 556 valence electrons. The number of hydrogen-bond acceptors (Lipinski definition) is 23. The third-order valence-corrected chi connectivity index (χ3v) is 18.8. The molecule has 25 heteroatoms. The summed E-state index contributed by atoms with van der Waals surface area (Å²) in [5, 5.41) is 147. The number of unbranched alkanes of at least 4 members (excludes halogenated alkanes) is 30. The van der Waals surface area contributed by atoms with Crippen LogP contribution in [0.1, 0.15) is 239 Å². The molecule has 15 N–H and O–H groups in total. The molecule has 0 saturated carbocycles. The lowest BCUT2D eigenvalue weighted by molar-refractivity contribution is -0.381. The molecule has 4 aliphatic rings. The minimum absolute atomic E-state index is 0.210. The summed E-state index contributed by atoms with van der Waals surface area (Å²) in [5.41, 5.74) is 0. The Hall–Kier alpha value is -2.42. The zero-order valence-corrected chi connectivity index (χ0v) is 57.5. The predicted octanol–water partition coefficient (Wildman–Crippen LogP) is 4.68. The van der Waals surface area contributed by atoms with Gasteiger partial charge in [-0.3, -0.25) is 9.59 Å². The maximum Gasteiger partial charge on any atom is 0.220 e. The van der Waals surface area contributed by atoms with Gasteiger partial charge in [0, 0.05) is 13.3 Å². The quantitative estimate of drug-likeness (QED) is 0.0290. The van der Waals surface area contributed by atoms with E-state index in [0.717, 1.165) is 51.9 Å². The van der Waals surface area contributed by atoms with Crippen molar-refractivity contribution in [3.8, 4) is 0 Å². The molecule has 22 atom stereocenters. The highest BCUT2D eigenvalue weighted by Crippen LogP contribution is 2.35. The average molecular weight is 1370 g/mol. The Morgan fingerprint density at radius 1 is 0.411 bits per heavy atom. The van der Waals surface area contributed by atoms with E-state index in [1.807, 2.05) is 6.08 Å². The van der Waals surface area contributed by atoms with Gasteiger partial charge in [-0.25, -0.2) is 0 Å². The number of aliphatic hydroxyl groups excluding tert-OH is 13. The monoisotopic (exact) mass is 1360 g/mol. The molecule has 0 spiro atoms. The second-order valence-electron chi connectivity index (χ2n) is 26.8. The van der Waals surface area contributed by atoms with Crippen LogP contribution in [0, 0.1) is 0 Å². The third kappa shape index (κ3) is 30.8. The van der Waals surface area contributed by atoms with E-state index in [9.17, 15) is 76.0 Å². The summed E-state index contributed by atoms with van der Waals surface area (Å²) < 4.78 is 46.7. The molecule has 25 nitrogen and oxygen atoms in total. The van der Waals surface area contributed by atoms with Crippen molar-refractivity contribution in [2.45, 2.75) is 374 Å². The molecule has 2 amide bonds. The minimum atomic E-state index is -2.09. The smallest absolute Gasteiger partial charge is 0.220 e. The molecule has 4 rings (SSSR count). The van der Waals surface area contributed by atoms with E-state index in [2.05, 4.69) is 36.6 Å². The molecule has 4 heterocycles. The van der Waals surface area contributed by atoms with Crippen molar-refractivity contribution in [1.29, 1.82) is 0 Å². The van der Waals surface area contributed by atoms with E-state index in [1.165, 1.54) is 154 Å². The number of aliphatic hydroxyl groups is 13. The van der Waals surface area contributed by atoms with Crippen LogP contribution in [0.4, 0.5) is 0 Å². The summed E-state index contributed by atoms with van der Waals surface area (Å²) in [6.45, 7) is 1.60. The molecule has 0 radical (unpaired) electrons. The van der Waals surface area contributed by atoms with Crippen molar-refractivity contribution in [2.24, 2.45) is 0 Å². The van der Waals surface area contributed by atoms with Gasteiger partial charge in [-0.15, -0.1) is 0 Å². The Bertz CT molecular complexity index is 2010. The zero-order valence-electron chi connectivity index (χ0n) is 57.5. The first-order valence-corrected chi connectivity index (χ1v) is 36.6. The number of nitrogens with one attached hydrogen (secondary N) is 2. The summed E-state index contributed by atoms with van der Waals surface area (Å²) >= 11 is 0. The van der Waals surface area contributed by atoms with Crippen LogP contribution >= 0.6 is 0 Å². The van der Waals surface area contributed by atoms with Gasteiger partial charge in [0.25, 0.3) is 0 Å². The Morgan fingerprint density at radius 2 is 0.789 bits per heavy atom. The molecule has 4 saturated heterocycles. The molecular formula is C70H128N2O23. The van der Waals surface area contributed by atoms with Crippen molar-refractivity contribution < 1.29 is 114 Å². The number of rotatable bonds is 52. The largest absolute Gasteiger partial charge is 0.394 e. The SMILES string of the molecule is CCCCCCCC/C=C\CCCCCCCCCCCCCCCC(=O)N[C@@H](CO[C@@H]1OC(CO)[C@@H](O[C@@H]2OC(CO)[C@H](O)[C@H](O[C@@H]3OC(CO)[C@H](O[C@@H]4OC(CO)[C@H](O)[C@H](O)C4O)[C@H](O)C3NC(C)=O)C2O)[C@H](O)C1O)[C@H](O)/C=C/CCCCCCCCCCCCC. The second-order valence-corrected chi connectivity index (χ2v) is 26.8. The molecule has 0 aromatic heterocycles. The van der Waals surface area contributed by atoms with E-state index in [1.54, 1.807) is 6.08 Å². The van der Waals surface area contributed by atoms with Crippen molar-refractivity contribution in [3.63, 3.8) is 0 Å². The van der Waals surface area contributed by atoms with E-state index >= 15 is 0 Å². The first-order valence-electron chi connectivity index (χ1n) is 36.6. The molecule has 4 aliphatic heterocycles. The normalized spacial score (nSPS) is 32.1. The van der Waals surface area contributed by atoms with E-state index < -0.39 is 174 Å². The highest BCUT2D eigenvalue weighted by Gasteiger charge is 2.56. The number of carbonyl (C=O) groups excluding carboxylic acids is 2. The Balaban J connectivity index is 1.30. The van der Waals surface area contributed by atoms with Crippen LogP contribution in [0.5, 0.6) is 0 Å². The van der Waals surface area contributed by atoms with Crippen molar-refractivity contribution in [2.75, 3.05) is 33.0 Å². The summed E-state index contributed by atoms with van der Waals surface area (Å²) in [7, 11) is 0. The first kappa shape index (κ1) is 85.0. The maximum atomic E-state index is 13.5. The van der Waals surface area contributed by atoms with Gasteiger partial charge in [-0.1, -0.05) is 205 Å². The molecule has 95 heavy (non-hydrogen) atoms. The maximum absolute atomic E-state index is 13.5. The predicted molar refractivity (Wildman–Crippen MR) is 354 cm³/mol. The van der Waals surface area contributed by atoms with Crippen LogP contribution in [0.15, 0.2) is 24.3 Å². The minimum Gasteiger partial charge on any atom is -0.394 e. The summed E-state index contributed by atoms with van der Waals surface area (Å²) in [4.78, 5) is 26.0. The van der Waals surface area contributed by atoms with Gasteiger partial charge in [0.05, 0.1) is 45.2 Å². The number of allylic oxidation sites excluding steroid dienone is 3. The summed E-state index contributed by atoms with van der Waals surface area (Å²) in [6, 6.07) is -2.68. The van der Waals surface area contributed by atoms with Crippen LogP contribution in [0.2, 0.25) is 0 Å². The van der Waals surface area contributed by atoms with Crippen LogP contribution in [0.3, 0.4) is 0 Å². The van der Waals surface area contributed by atoms with Crippen LogP contribution in [0.25, 0.3) is 0 Å². The number of hydrogen-bond donors (Lipinski definition) is 15. The van der Waals surface area contributed by atoms with E-state index in [-0.39, 0.29) is 12.3 Å². The fourth-order valence-corrected chi connectivity index (χ4v) is 12.8. The highest BCUT2D eigenvalue weighted by atomic mass is 16.8. The highest BCUT2D eigenvalue weighted by molar-refractivity contribution is 5.76. The Morgan fingerprint density at radius 3 is 1.25 bits per heavy atom. The lowest BCUT2D eigenvalue weighted by Crippen LogP contribution is -2.69. The third-order valence-electron chi connectivity index (χ3n) is 18.8. The van der Waals surface area contributed by atoms with Crippen LogP contribution in [-0.4, -0.2) is 246 Å². The van der Waals surface area contributed by atoms with Gasteiger partial charge in [-0.05, 0) is 44.9 Å². The first-order chi connectivity index (χ1) is 46.0. The van der Waals surface area contributed by atoms with Crippen LogP contribution < -0.4 is 10.6 Å². The fourth-order valence-electron chi connectivity index (χ4n) is 12.8. The summed E-state index contributed by atoms with van der Waals surface area (Å²) in [6.07, 6.45) is 12.4. The lowest BCUT2D eigenvalue weighted by atomic mass is 9.94. The van der Waals surface area contributed by atoms with Gasteiger partial charge < -0.3 is 115 Å². The molecule has 8 unspecified atom stereocenters. The molecular weight excluding hydrogens is 1240 g/mol. The van der Waals surface area contributed by atoms with E-state index in [0.29, 0.717) is 12.8 Å². The van der Waals surface area contributed by atoms with Crippen molar-refractivity contribution in [3.05, 3.63) is 24.3 Å².